The summed E-state index contributed by atoms with van der Waals surface area (Å²) in [5, 5.41) is 14.7. The van der Waals surface area contributed by atoms with Crippen molar-refractivity contribution in [2.45, 2.75) is 6.42 Å². The van der Waals surface area contributed by atoms with Crippen LogP contribution < -0.4 is 10.2 Å². The molecule has 2 heterocycles. The van der Waals surface area contributed by atoms with Crippen molar-refractivity contribution >= 4 is 29.5 Å². The minimum atomic E-state index is -0.312. The zero-order valence-corrected chi connectivity index (χ0v) is 15.7. The second-order valence-electron chi connectivity index (χ2n) is 6.29. The SMILES string of the molecule is Cl.O=[N+]([O-])c1ccc(NCCCN2CCOCC2)cc1N1CCOCC1. The van der Waals surface area contributed by atoms with E-state index in [1.165, 1.54) is 0 Å². The van der Waals surface area contributed by atoms with Gasteiger partial charge < -0.3 is 19.7 Å². The normalized spacial score (nSPS) is 18.2. The standard InChI is InChI=1S/C17H26N4O4.ClH/c22-21(23)16-3-2-15(14-17(16)20-8-12-25-13-9-20)18-4-1-5-19-6-10-24-11-7-19;/h2-3,14,18H,1,4-13H2;1H. The molecule has 2 aliphatic heterocycles. The molecule has 0 saturated carbocycles. The van der Waals surface area contributed by atoms with E-state index in [9.17, 15) is 10.1 Å². The molecule has 2 saturated heterocycles. The first-order valence-corrected chi connectivity index (χ1v) is 8.89. The number of nitro groups is 1. The molecule has 1 aromatic rings. The molecule has 26 heavy (non-hydrogen) atoms. The van der Waals surface area contributed by atoms with E-state index >= 15 is 0 Å². The molecule has 9 heteroatoms. The number of benzene rings is 1. The lowest BCUT2D eigenvalue weighted by Crippen LogP contribution is -2.37. The van der Waals surface area contributed by atoms with E-state index in [0.29, 0.717) is 32.0 Å². The lowest BCUT2D eigenvalue weighted by atomic mass is 10.2. The van der Waals surface area contributed by atoms with Crippen LogP contribution in [0.3, 0.4) is 0 Å². The third kappa shape index (κ3) is 5.70. The van der Waals surface area contributed by atoms with E-state index in [4.69, 9.17) is 9.47 Å². The van der Waals surface area contributed by atoms with Crippen molar-refractivity contribution in [3.05, 3.63) is 28.3 Å². The molecular weight excluding hydrogens is 360 g/mol. The Morgan fingerprint density at radius 3 is 2.38 bits per heavy atom. The van der Waals surface area contributed by atoms with Crippen LogP contribution >= 0.6 is 12.4 Å². The van der Waals surface area contributed by atoms with Crippen molar-refractivity contribution < 1.29 is 14.4 Å². The van der Waals surface area contributed by atoms with Crippen LogP contribution in [0.1, 0.15) is 6.42 Å². The molecule has 0 aliphatic carbocycles. The average molecular weight is 387 g/mol. The van der Waals surface area contributed by atoms with Gasteiger partial charge in [0.2, 0.25) is 0 Å². The second kappa shape index (κ2) is 10.5. The maximum Gasteiger partial charge on any atom is 0.292 e. The number of morpholine rings is 2. The molecule has 0 spiro atoms. The van der Waals surface area contributed by atoms with Crippen LogP contribution in [-0.2, 0) is 9.47 Å². The number of halogens is 1. The molecule has 0 radical (unpaired) electrons. The molecule has 8 nitrogen and oxygen atoms in total. The van der Waals surface area contributed by atoms with E-state index in [2.05, 4.69) is 10.2 Å². The number of ether oxygens (including phenoxy) is 2. The maximum atomic E-state index is 11.3. The molecule has 0 atom stereocenters. The first-order chi connectivity index (χ1) is 12.2. The summed E-state index contributed by atoms with van der Waals surface area (Å²) >= 11 is 0. The number of rotatable bonds is 7. The fourth-order valence-corrected chi connectivity index (χ4v) is 3.21. The lowest BCUT2D eigenvalue weighted by Gasteiger charge is -2.29. The number of hydrogen-bond acceptors (Lipinski definition) is 7. The fourth-order valence-electron chi connectivity index (χ4n) is 3.21. The van der Waals surface area contributed by atoms with Gasteiger partial charge in [-0.2, -0.15) is 0 Å². The number of nitrogens with one attached hydrogen (secondary N) is 1. The van der Waals surface area contributed by atoms with Crippen LogP contribution in [-0.4, -0.2) is 75.5 Å². The predicted molar refractivity (Wildman–Crippen MR) is 104 cm³/mol. The van der Waals surface area contributed by atoms with Gasteiger partial charge in [-0.05, 0) is 25.1 Å². The van der Waals surface area contributed by atoms with E-state index < -0.39 is 0 Å². The molecule has 2 fully saturated rings. The van der Waals surface area contributed by atoms with E-state index in [1.807, 2.05) is 11.0 Å². The monoisotopic (exact) mass is 386 g/mol. The highest BCUT2D eigenvalue weighted by Crippen LogP contribution is 2.31. The van der Waals surface area contributed by atoms with Gasteiger partial charge in [0.15, 0.2) is 0 Å². The summed E-state index contributed by atoms with van der Waals surface area (Å²) in [6, 6.07) is 5.27. The predicted octanol–water partition coefficient (Wildman–Crippen LogP) is 1.99. The van der Waals surface area contributed by atoms with Crippen LogP contribution in [0.15, 0.2) is 18.2 Å². The summed E-state index contributed by atoms with van der Waals surface area (Å²) in [6.07, 6.45) is 1.03. The van der Waals surface area contributed by atoms with Crippen molar-refractivity contribution in [1.29, 1.82) is 0 Å². The Kier molecular flexibility index (Phi) is 8.37. The Hall–Kier alpha value is -1.61. The van der Waals surface area contributed by atoms with Crippen LogP contribution in [0, 0.1) is 10.1 Å². The molecule has 0 aromatic heterocycles. The quantitative estimate of drug-likeness (QED) is 0.436. The number of nitro benzene ring substituents is 1. The van der Waals surface area contributed by atoms with Crippen LogP contribution in [0.25, 0.3) is 0 Å². The molecule has 0 bridgehead atoms. The van der Waals surface area contributed by atoms with Crippen molar-refractivity contribution in [2.24, 2.45) is 0 Å². The number of nitrogens with zero attached hydrogens (tertiary/aromatic N) is 3. The summed E-state index contributed by atoms with van der Waals surface area (Å²) < 4.78 is 10.7. The van der Waals surface area contributed by atoms with Gasteiger partial charge in [-0.3, -0.25) is 15.0 Å². The van der Waals surface area contributed by atoms with Crippen LogP contribution in [0.5, 0.6) is 0 Å². The highest BCUT2D eigenvalue weighted by atomic mass is 35.5. The van der Waals surface area contributed by atoms with Gasteiger partial charge in [-0.1, -0.05) is 0 Å². The van der Waals surface area contributed by atoms with E-state index in [1.54, 1.807) is 12.1 Å². The zero-order chi connectivity index (χ0) is 17.5. The average Bonchev–Trinajstić information content (AvgIpc) is 2.66. The maximum absolute atomic E-state index is 11.3. The molecule has 3 rings (SSSR count). The largest absolute Gasteiger partial charge is 0.385 e. The van der Waals surface area contributed by atoms with Gasteiger partial charge in [0, 0.05) is 44.5 Å². The van der Waals surface area contributed by atoms with E-state index in [-0.39, 0.29) is 23.0 Å². The van der Waals surface area contributed by atoms with Gasteiger partial charge in [-0.25, -0.2) is 0 Å². The lowest BCUT2D eigenvalue weighted by molar-refractivity contribution is -0.384. The summed E-state index contributed by atoms with van der Waals surface area (Å²) in [6.45, 7) is 8.09. The third-order valence-electron chi connectivity index (χ3n) is 4.61. The second-order valence-corrected chi connectivity index (χ2v) is 6.29. The van der Waals surface area contributed by atoms with Crippen molar-refractivity contribution in [1.82, 2.24) is 4.90 Å². The zero-order valence-electron chi connectivity index (χ0n) is 14.9. The Morgan fingerprint density at radius 2 is 1.73 bits per heavy atom. The summed E-state index contributed by atoms with van der Waals surface area (Å²) in [5.74, 6) is 0. The fraction of sp³-hybridized carbons (Fsp3) is 0.647. The minimum absolute atomic E-state index is 0. The van der Waals surface area contributed by atoms with E-state index in [0.717, 1.165) is 51.5 Å². The van der Waals surface area contributed by atoms with Gasteiger partial charge in [0.1, 0.15) is 5.69 Å². The number of anilines is 2. The highest BCUT2D eigenvalue weighted by molar-refractivity contribution is 5.85. The van der Waals surface area contributed by atoms with Crippen LogP contribution in [0.4, 0.5) is 17.1 Å². The van der Waals surface area contributed by atoms with Crippen molar-refractivity contribution in [3.63, 3.8) is 0 Å². The molecule has 146 valence electrons. The van der Waals surface area contributed by atoms with Crippen molar-refractivity contribution in [2.75, 3.05) is 75.9 Å². The molecule has 2 aliphatic rings. The Balaban J connectivity index is 0.00000243. The Labute approximate surface area is 160 Å². The molecule has 0 amide bonds. The van der Waals surface area contributed by atoms with Gasteiger partial charge in [0.25, 0.3) is 5.69 Å². The summed E-state index contributed by atoms with van der Waals surface area (Å²) in [5.41, 5.74) is 1.75. The Morgan fingerprint density at radius 1 is 1.08 bits per heavy atom. The molecule has 1 aromatic carbocycles. The number of hydrogen-bond donors (Lipinski definition) is 1. The highest BCUT2D eigenvalue weighted by Gasteiger charge is 2.21. The first kappa shape index (κ1) is 20.7. The Bertz CT molecular complexity index is 578. The first-order valence-electron chi connectivity index (χ1n) is 8.89. The topological polar surface area (TPSA) is 80.1 Å². The van der Waals surface area contributed by atoms with Gasteiger partial charge in [-0.15, -0.1) is 12.4 Å². The molecular formula is C17H27ClN4O4. The third-order valence-corrected chi connectivity index (χ3v) is 4.61. The van der Waals surface area contributed by atoms with Gasteiger partial charge >= 0.3 is 0 Å². The summed E-state index contributed by atoms with van der Waals surface area (Å²) in [7, 11) is 0. The summed E-state index contributed by atoms with van der Waals surface area (Å²) in [4.78, 5) is 15.4. The van der Waals surface area contributed by atoms with Crippen LogP contribution in [0.2, 0.25) is 0 Å². The minimum Gasteiger partial charge on any atom is -0.385 e. The smallest absolute Gasteiger partial charge is 0.292 e. The van der Waals surface area contributed by atoms with Crippen molar-refractivity contribution in [3.8, 4) is 0 Å². The van der Waals surface area contributed by atoms with Gasteiger partial charge in [0.05, 0.1) is 31.4 Å². The molecule has 0 unspecified atom stereocenters. The molecule has 1 N–H and O–H groups in total.